The lowest BCUT2D eigenvalue weighted by Gasteiger charge is -2.35. The number of alkyl halides is 3. The minimum Gasteiger partial charge on any atom is -0.353 e. The van der Waals surface area contributed by atoms with E-state index in [1.165, 1.54) is 18.5 Å². The van der Waals surface area contributed by atoms with Crippen molar-refractivity contribution in [2.24, 2.45) is 0 Å². The number of rotatable bonds is 3. The highest BCUT2D eigenvalue weighted by atomic mass is 19.4. The van der Waals surface area contributed by atoms with Gasteiger partial charge >= 0.3 is 6.18 Å². The van der Waals surface area contributed by atoms with Gasteiger partial charge in [0.05, 0.1) is 11.1 Å². The van der Waals surface area contributed by atoms with Crippen molar-refractivity contribution in [1.82, 2.24) is 19.9 Å². The number of halogens is 5. The number of anilines is 1. The SMILES string of the molecule is Fc1cc(F)cc(-n2cc(C3CC3)c3c(N4CCNC(C(F)(F)F)C4)ncnc32)c1. The Bertz CT molecular complexity index is 1080. The number of benzene rings is 1. The molecule has 0 spiro atoms. The third-order valence-electron chi connectivity index (χ3n) is 5.61. The zero-order valence-corrected chi connectivity index (χ0v) is 15.8. The molecule has 2 fully saturated rings. The van der Waals surface area contributed by atoms with Crippen LogP contribution in [0.25, 0.3) is 16.7 Å². The van der Waals surface area contributed by atoms with Gasteiger partial charge in [0.25, 0.3) is 0 Å². The van der Waals surface area contributed by atoms with Crippen molar-refractivity contribution in [3.8, 4) is 5.69 Å². The molecule has 2 aliphatic rings. The van der Waals surface area contributed by atoms with E-state index in [1.54, 1.807) is 15.7 Å². The third kappa shape index (κ3) is 3.38. The van der Waals surface area contributed by atoms with Crippen molar-refractivity contribution < 1.29 is 22.0 Å². The van der Waals surface area contributed by atoms with Crippen molar-refractivity contribution in [3.63, 3.8) is 0 Å². The van der Waals surface area contributed by atoms with Gasteiger partial charge in [0.15, 0.2) is 0 Å². The largest absolute Gasteiger partial charge is 0.405 e. The second-order valence-electron chi connectivity index (χ2n) is 7.75. The van der Waals surface area contributed by atoms with E-state index in [0.29, 0.717) is 23.4 Å². The van der Waals surface area contributed by atoms with Gasteiger partial charge in [-0.05, 0) is 36.5 Å². The molecule has 1 saturated carbocycles. The molecule has 5 rings (SSSR count). The molecule has 158 valence electrons. The summed E-state index contributed by atoms with van der Waals surface area (Å²) in [6.07, 6.45) is 0.577. The summed E-state index contributed by atoms with van der Waals surface area (Å²) in [6, 6.07) is 1.53. The lowest BCUT2D eigenvalue weighted by Crippen LogP contribution is -2.57. The van der Waals surface area contributed by atoms with Gasteiger partial charge in [-0.1, -0.05) is 0 Å². The van der Waals surface area contributed by atoms with Crippen LogP contribution in [-0.4, -0.2) is 46.4 Å². The molecular weight excluding hydrogens is 405 g/mol. The molecule has 5 nitrogen and oxygen atoms in total. The highest BCUT2D eigenvalue weighted by Gasteiger charge is 2.42. The van der Waals surface area contributed by atoms with Crippen LogP contribution in [0.1, 0.15) is 24.3 Å². The minimum atomic E-state index is -4.37. The van der Waals surface area contributed by atoms with Gasteiger partial charge in [-0.25, -0.2) is 18.7 Å². The molecule has 1 aromatic carbocycles. The summed E-state index contributed by atoms with van der Waals surface area (Å²) < 4.78 is 69.0. The molecule has 0 radical (unpaired) electrons. The molecule has 30 heavy (non-hydrogen) atoms. The van der Waals surface area contributed by atoms with Gasteiger partial charge in [0.2, 0.25) is 0 Å². The molecule has 1 aliphatic carbocycles. The molecule has 10 heteroatoms. The van der Waals surface area contributed by atoms with Crippen molar-refractivity contribution in [2.45, 2.75) is 31.0 Å². The predicted molar refractivity (Wildman–Crippen MR) is 101 cm³/mol. The maximum atomic E-state index is 13.8. The van der Waals surface area contributed by atoms with Crippen molar-refractivity contribution >= 4 is 16.9 Å². The van der Waals surface area contributed by atoms with Crippen LogP contribution in [0, 0.1) is 11.6 Å². The van der Waals surface area contributed by atoms with Gasteiger partial charge in [-0.15, -0.1) is 0 Å². The smallest absolute Gasteiger partial charge is 0.353 e. The van der Waals surface area contributed by atoms with E-state index >= 15 is 0 Å². The summed E-state index contributed by atoms with van der Waals surface area (Å²) in [4.78, 5) is 10.2. The Kier molecular flexibility index (Phi) is 4.42. The first-order valence-corrected chi connectivity index (χ1v) is 9.69. The first kappa shape index (κ1) is 19.2. The average molecular weight is 423 g/mol. The van der Waals surface area contributed by atoms with Gasteiger partial charge < -0.3 is 14.8 Å². The third-order valence-corrected chi connectivity index (χ3v) is 5.61. The molecule has 2 aromatic heterocycles. The Morgan fingerprint density at radius 2 is 1.77 bits per heavy atom. The highest BCUT2D eigenvalue weighted by molar-refractivity contribution is 5.93. The number of aromatic nitrogens is 3. The predicted octanol–water partition coefficient (Wildman–Crippen LogP) is 3.92. The van der Waals surface area contributed by atoms with Gasteiger partial charge in [-0.3, -0.25) is 0 Å². The summed E-state index contributed by atoms with van der Waals surface area (Å²) in [6.45, 7) is 0.270. The van der Waals surface area contributed by atoms with Crippen LogP contribution in [0.3, 0.4) is 0 Å². The molecule has 0 bridgehead atoms. The number of nitrogens with one attached hydrogen (secondary N) is 1. The topological polar surface area (TPSA) is 46.0 Å². The second-order valence-corrected chi connectivity index (χ2v) is 7.75. The van der Waals surface area contributed by atoms with Crippen molar-refractivity contribution in [3.05, 3.63) is 47.9 Å². The van der Waals surface area contributed by atoms with E-state index < -0.39 is 23.9 Å². The molecule has 3 aromatic rings. The fourth-order valence-corrected chi connectivity index (χ4v) is 4.05. The minimum absolute atomic E-state index is 0.171. The van der Waals surface area contributed by atoms with E-state index in [4.69, 9.17) is 0 Å². The maximum Gasteiger partial charge on any atom is 0.405 e. The summed E-state index contributed by atoms with van der Waals surface area (Å²) in [7, 11) is 0. The fourth-order valence-electron chi connectivity index (χ4n) is 4.05. The maximum absolute atomic E-state index is 13.8. The number of hydrogen-bond acceptors (Lipinski definition) is 4. The summed E-state index contributed by atoms with van der Waals surface area (Å²) in [5.41, 5.74) is 1.59. The first-order valence-electron chi connectivity index (χ1n) is 9.69. The van der Waals surface area contributed by atoms with E-state index in [9.17, 15) is 22.0 Å². The van der Waals surface area contributed by atoms with Crippen LogP contribution in [0.4, 0.5) is 27.8 Å². The first-order chi connectivity index (χ1) is 14.3. The highest BCUT2D eigenvalue weighted by Crippen LogP contribution is 2.46. The molecule has 3 heterocycles. The lowest BCUT2D eigenvalue weighted by atomic mass is 10.1. The van der Waals surface area contributed by atoms with Crippen LogP contribution >= 0.6 is 0 Å². The Labute approximate surface area is 168 Å². The standard InChI is InChI=1S/C20H18F5N5/c21-12-5-13(22)7-14(6-12)30-8-15(11-1-2-11)17-18(27-10-28-19(17)30)29-4-3-26-16(9-29)20(23,24)25/h5-8,10-11,16,26H,1-4,9H2. The van der Waals surface area contributed by atoms with E-state index in [1.807, 2.05) is 0 Å². The zero-order valence-electron chi connectivity index (χ0n) is 15.8. The van der Waals surface area contributed by atoms with E-state index in [-0.39, 0.29) is 24.7 Å². The molecule has 1 aliphatic heterocycles. The number of hydrogen-bond donors (Lipinski definition) is 1. The molecule has 0 amide bonds. The number of nitrogens with zero attached hydrogens (tertiary/aromatic N) is 4. The number of piperazine rings is 1. The molecule has 1 unspecified atom stereocenters. The summed E-state index contributed by atoms with van der Waals surface area (Å²) >= 11 is 0. The van der Waals surface area contributed by atoms with Crippen LogP contribution in [0.5, 0.6) is 0 Å². The van der Waals surface area contributed by atoms with Gasteiger partial charge in [-0.2, -0.15) is 13.2 Å². The zero-order chi connectivity index (χ0) is 21.0. The fraction of sp³-hybridized carbons (Fsp3) is 0.400. The molecule has 1 saturated heterocycles. The number of fused-ring (bicyclic) bond motifs is 1. The van der Waals surface area contributed by atoms with Crippen LogP contribution in [0.2, 0.25) is 0 Å². The van der Waals surface area contributed by atoms with Gasteiger partial charge in [0.1, 0.15) is 35.5 Å². The Hall–Kier alpha value is -2.75. The normalized spacial score (nSPS) is 20.2. The van der Waals surface area contributed by atoms with E-state index in [0.717, 1.165) is 24.5 Å². The average Bonchev–Trinajstić information content (AvgIpc) is 3.46. The Morgan fingerprint density at radius 1 is 1.03 bits per heavy atom. The summed E-state index contributed by atoms with van der Waals surface area (Å²) in [5.74, 6) is -0.778. The molecule has 1 atom stereocenters. The molecule has 1 N–H and O–H groups in total. The van der Waals surface area contributed by atoms with Crippen LogP contribution in [-0.2, 0) is 0 Å². The van der Waals surface area contributed by atoms with Gasteiger partial charge in [0, 0.05) is 31.9 Å². The second kappa shape index (κ2) is 6.90. The van der Waals surface area contributed by atoms with Crippen molar-refractivity contribution in [2.75, 3.05) is 24.5 Å². The lowest BCUT2D eigenvalue weighted by molar-refractivity contribution is -0.155. The van der Waals surface area contributed by atoms with Crippen molar-refractivity contribution in [1.29, 1.82) is 0 Å². The summed E-state index contributed by atoms with van der Waals surface area (Å²) in [5, 5.41) is 3.15. The Morgan fingerprint density at radius 3 is 2.43 bits per heavy atom. The molecular formula is C20H18F5N5. The van der Waals surface area contributed by atoms with Crippen LogP contribution < -0.4 is 10.2 Å². The van der Waals surface area contributed by atoms with Crippen LogP contribution in [0.15, 0.2) is 30.7 Å². The van der Waals surface area contributed by atoms with E-state index in [2.05, 4.69) is 15.3 Å². The monoisotopic (exact) mass is 423 g/mol. The Balaban J connectivity index is 1.65. The quantitative estimate of drug-likeness (QED) is 0.649.